The van der Waals surface area contributed by atoms with Crippen LogP contribution in [0.4, 0.5) is 0 Å². The van der Waals surface area contributed by atoms with Gasteiger partial charge < -0.3 is 4.90 Å². The number of sulfonamides is 1. The number of benzene rings is 1. The molecule has 0 unspecified atom stereocenters. The van der Waals surface area contributed by atoms with Gasteiger partial charge in [0.2, 0.25) is 15.9 Å². The van der Waals surface area contributed by atoms with Crippen LogP contribution in [0.2, 0.25) is 0 Å². The van der Waals surface area contributed by atoms with E-state index in [1.54, 1.807) is 33.0 Å². The number of amides is 1. The van der Waals surface area contributed by atoms with Crippen LogP contribution in [0.15, 0.2) is 29.2 Å². The van der Waals surface area contributed by atoms with Gasteiger partial charge in [-0.05, 0) is 37.0 Å². The zero-order valence-electron chi connectivity index (χ0n) is 18.3. The van der Waals surface area contributed by atoms with Crippen molar-refractivity contribution in [2.75, 3.05) is 39.8 Å². The molecule has 1 amide bonds. The van der Waals surface area contributed by atoms with Gasteiger partial charge in [0.1, 0.15) is 5.54 Å². The average molecular weight is 421 g/mol. The Hall–Kier alpha value is -1.95. The number of rotatable bonds is 5. The number of carbonyl (C=O) groups excluding carboxylic acids is 1. The molecule has 1 aliphatic rings. The van der Waals surface area contributed by atoms with Crippen LogP contribution in [0.1, 0.15) is 40.2 Å². The van der Waals surface area contributed by atoms with Crippen LogP contribution in [0.3, 0.4) is 0 Å². The molecule has 1 aromatic rings. The maximum absolute atomic E-state index is 13.0. The number of nitriles is 1. The molecule has 1 heterocycles. The standard InChI is InChI=1S/C21H32N4O3S/c1-20(2,3)17-7-9-18(10-8-17)29(27,28)25-13-11-24(12-14-25)15-19(26)23(6)21(4,5)16-22/h7-10H,11-15H2,1-6H3. The summed E-state index contributed by atoms with van der Waals surface area (Å²) in [6, 6.07) is 9.20. The number of piperazine rings is 1. The fourth-order valence-electron chi connectivity index (χ4n) is 3.09. The average Bonchev–Trinajstić information content (AvgIpc) is 2.67. The van der Waals surface area contributed by atoms with E-state index in [2.05, 4.69) is 26.8 Å². The summed E-state index contributed by atoms with van der Waals surface area (Å²) in [5, 5.41) is 9.18. The highest BCUT2D eigenvalue weighted by Crippen LogP contribution is 2.25. The second-order valence-electron chi connectivity index (χ2n) is 9.08. The third kappa shape index (κ3) is 5.35. The minimum Gasteiger partial charge on any atom is -0.326 e. The number of hydrogen-bond acceptors (Lipinski definition) is 5. The van der Waals surface area contributed by atoms with Crippen molar-refractivity contribution in [2.24, 2.45) is 0 Å². The molecule has 0 saturated carbocycles. The predicted octanol–water partition coefficient (Wildman–Crippen LogP) is 2.05. The van der Waals surface area contributed by atoms with E-state index in [9.17, 15) is 18.5 Å². The Balaban J connectivity index is 1.99. The monoisotopic (exact) mass is 420 g/mol. The van der Waals surface area contributed by atoms with E-state index in [0.717, 1.165) is 5.56 Å². The van der Waals surface area contributed by atoms with Crippen molar-refractivity contribution in [1.82, 2.24) is 14.1 Å². The molecular weight excluding hydrogens is 388 g/mol. The first-order valence-electron chi connectivity index (χ1n) is 9.80. The highest BCUT2D eigenvalue weighted by atomic mass is 32.2. The molecule has 0 atom stereocenters. The lowest BCUT2D eigenvalue weighted by Gasteiger charge is -2.36. The lowest BCUT2D eigenvalue weighted by Crippen LogP contribution is -2.53. The van der Waals surface area contributed by atoms with Gasteiger partial charge in [-0.25, -0.2) is 8.42 Å². The van der Waals surface area contributed by atoms with Gasteiger partial charge in [-0.2, -0.15) is 9.57 Å². The van der Waals surface area contributed by atoms with Gasteiger partial charge in [-0.3, -0.25) is 9.69 Å². The Morgan fingerprint density at radius 1 is 1.07 bits per heavy atom. The lowest BCUT2D eigenvalue weighted by molar-refractivity contribution is -0.134. The molecule has 0 aromatic heterocycles. The number of likely N-dealkylation sites (N-methyl/N-ethyl adjacent to an activating group) is 1. The summed E-state index contributed by atoms with van der Waals surface area (Å²) in [5.41, 5.74) is 0.180. The molecule has 2 rings (SSSR count). The van der Waals surface area contributed by atoms with Crippen LogP contribution in [-0.4, -0.2) is 73.7 Å². The minimum absolute atomic E-state index is 0.0340. The van der Waals surface area contributed by atoms with E-state index >= 15 is 0 Å². The minimum atomic E-state index is -3.55. The quantitative estimate of drug-likeness (QED) is 0.728. The first-order valence-corrected chi connectivity index (χ1v) is 11.2. The van der Waals surface area contributed by atoms with Crippen LogP contribution in [-0.2, 0) is 20.2 Å². The summed E-state index contributed by atoms with van der Waals surface area (Å²) in [5.74, 6) is -0.148. The largest absolute Gasteiger partial charge is 0.326 e. The van der Waals surface area contributed by atoms with E-state index in [1.165, 1.54) is 9.21 Å². The molecule has 1 aromatic carbocycles. The lowest BCUT2D eigenvalue weighted by atomic mass is 9.87. The normalized spacial score (nSPS) is 17.0. The third-order valence-electron chi connectivity index (χ3n) is 5.53. The Bertz CT molecular complexity index is 872. The Morgan fingerprint density at radius 3 is 2.03 bits per heavy atom. The predicted molar refractivity (Wildman–Crippen MR) is 113 cm³/mol. The fraction of sp³-hybridized carbons (Fsp3) is 0.619. The van der Waals surface area contributed by atoms with E-state index in [4.69, 9.17) is 0 Å². The van der Waals surface area contributed by atoms with Gasteiger partial charge in [-0.15, -0.1) is 0 Å². The van der Waals surface area contributed by atoms with E-state index < -0.39 is 15.6 Å². The summed E-state index contributed by atoms with van der Waals surface area (Å²) in [7, 11) is -1.93. The number of carbonyl (C=O) groups is 1. The second-order valence-corrected chi connectivity index (χ2v) is 11.0. The van der Waals surface area contributed by atoms with Crippen molar-refractivity contribution < 1.29 is 13.2 Å². The Kier molecular flexibility index (Phi) is 6.78. The first kappa shape index (κ1) is 23.3. The smallest absolute Gasteiger partial charge is 0.243 e. The number of nitrogens with zero attached hydrogens (tertiary/aromatic N) is 4. The molecule has 0 bridgehead atoms. The molecule has 0 spiro atoms. The molecule has 0 radical (unpaired) electrons. The van der Waals surface area contributed by atoms with E-state index in [0.29, 0.717) is 31.1 Å². The van der Waals surface area contributed by atoms with Crippen LogP contribution >= 0.6 is 0 Å². The Morgan fingerprint density at radius 2 is 1.59 bits per heavy atom. The van der Waals surface area contributed by atoms with Crippen molar-refractivity contribution in [2.45, 2.75) is 50.5 Å². The van der Waals surface area contributed by atoms with Gasteiger partial charge in [0.25, 0.3) is 0 Å². The molecule has 1 saturated heterocycles. The van der Waals surface area contributed by atoms with Crippen molar-refractivity contribution in [1.29, 1.82) is 5.26 Å². The zero-order valence-corrected chi connectivity index (χ0v) is 19.1. The second kappa shape index (κ2) is 8.42. The maximum Gasteiger partial charge on any atom is 0.243 e. The maximum atomic E-state index is 13.0. The van der Waals surface area contributed by atoms with Gasteiger partial charge in [0, 0.05) is 33.2 Å². The first-order chi connectivity index (χ1) is 13.3. The molecule has 7 nitrogen and oxygen atoms in total. The Labute approximate surface area is 174 Å². The van der Waals surface area contributed by atoms with Crippen LogP contribution in [0.25, 0.3) is 0 Å². The van der Waals surface area contributed by atoms with E-state index in [-0.39, 0.29) is 17.9 Å². The van der Waals surface area contributed by atoms with Crippen molar-refractivity contribution in [3.05, 3.63) is 29.8 Å². The van der Waals surface area contributed by atoms with Gasteiger partial charge in [0.15, 0.2) is 0 Å². The summed E-state index contributed by atoms with van der Waals surface area (Å²) < 4.78 is 27.4. The topological polar surface area (TPSA) is 84.7 Å². The molecule has 29 heavy (non-hydrogen) atoms. The highest BCUT2D eigenvalue weighted by Gasteiger charge is 2.32. The highest BCUT2D eigenvalue weighted by molar-refractivity contribution is 7.89. The van der Waals surface area contributed by atoms with Gasteiger partial charge in [-0.1, -0.05) is 32.9 Å². The third-order valence-corrected chi connectivity index (χ3v) is 7.45. The molecule has 1 aliphatic heterocycles. The molecule has 0 N–H and O–H groups in total. The number of hydrogen-bond donors (Lipinski definition) is 0. The zero-order chi connectivity index (χ0) is 22.0. The molecule has 160 valence electrons. The van der Waals surface area contributed by atoms with E-state index in [1.807, 2.05) is 17.0 Å². The fourth-order valence-corrected chi connectivity index (χ4v) is 4.51. The van der Waals surface area contributed by atoms with Gasteiger partial charge >= 0.3 is 0 Å². The van der Waals surface area contributed by atoms with Crippen molar-refractivity contribution in [3.63, 3.8) is 0 Å². The van der Waals surface area contributed by atoms with Crippen LogP contribution < -0.4 is 0 Å². The molecule has 8 heteroatoms. The SMILES string of the molecule is CN(C(=O)CN1CCN(S(=O)(=O)c2ccc(C(C)(C)C)cc2)CC1)C(C)(C)C#N. The van der Waals surface area contributed by atoms with Crippen molar-refractivity contribution >= 4 is 15.9 Å². The summed E-state index contributed by atoms with van der Waals surface area (Å²) in [6.45, 7) is 11.5. The van der Waals surface area contributed by atoms with Crippen LogP contribution in [0, 0.1) is 11.3 Å². The van der Waals surface area contributed by atoms with Gasteiger partial charge in [0.05, 0.1) is 17.5 Å². The summed E-state index contributed by atoms with van der Waals surface area (Å²) >= 11 is 0. The van der Waals surface area contributed by atoms with Crippen molar-refractivity contribution in [3.8, 4) is 6.07 Å². The molecule has 1 fully saturated rings. The molecular formula is C21H32N4O3S. The summed E-state index contributed by atoms with van der Waals surface area (Å²) in [6.07, 6.45) is 0. The molecule has 0 aliphatic carbocycles. The summed E-state index contributed by atoms with van der Waals surface area (Å²) in [4.78, 5) is 16.1. The van der Waals surface area contributed by atoms with Crippen LogP contribution in [0.5, 0.6) is 0 Å².